The Morgan fingerprint density at radius 2 is 2.19 bits per heavy atom. The first-order valence-electron chi connectivity index (χ1n) is 5.95. The van der Waals surface area contributed by atoms with Gasteiger partial charge in [-0.05, 0) is 31.6 Å². The summed E-state index contributed by atoms with van der Waals surface area (Å²) in [6.45, 7) is 3.02. The first-order chi connectivity index (χ1) is 7.36. The lowest BCUT2D eigenvalue weighted by molar-refractivity contribution is -0.131. The Morgan fingerprint density at radius 3 is 2.94 bits per heavy atom. The van der Waals surface area contributed by atoms with Crippen LogP contribution in [0.1, 0.15) is 25.7 Å². The molecule has 0 spiro atoms. The monoisotopic (exact) mass is 264 g/mol. The number of nitrogens with zero attached hydrogens (tertiary/aromatic N) is 1. The predicted molar refractivity (Wildman–Crippen MR) is 71.4 cm³/mol. The van der Waals surface area contributed by atoms with Crippen molar-refractivity contribution in [2.75, 3.05) is 31.1 Å². The quantitative estimate of drug-likeness (QED) is 0.821. The van der Waals surface area contributed by atoms with E-state index in [1.807, 2.05) is 11.8 Å². The lowest BCUT2D eigenvalue weighted by atomic mass is 10.1. The number of nitrogens with one attached hydrogen (secondary N) is 1. The van der Waals surface area contributed by atoms with Gasteiger partial charge in [0.2, 0.25) is 5.91 Å². The molecule has 2 heterocycles. The van der Waals surface area contributed by atoms with Crippen molar-refractivity contribution in [2.24, 2.45) is 0 Å². The van der Waals surface area contributed by atoms with Gasteiger partial charge in [0, 0.05) is 31.3 Å². The number of carbonyl (C=O) groups is 1. The fraction of sp³-hybridized carbons (Fsp3) is 0.909. The normalized spacial score (nSPS) is 26.0. The molecule has 0 aromatic heterocycles. The van der Waals surface area contributed by atoms with Gasteiger partial charge in [-0.15, -0.1) is 12.4 Å². The summed E-state index contributed by atoms with van der Waals surface area (Å²) in [6.07, 6.45) is 4.28. The van der Waals surface area contributed by atoms with E-state index in [4.69, 9.17) is 0 Å². The zero-order valence-electron chi connectivity index (χ0n) is 9.61. The third kappa shape index (κ3) is 4.15. The van der Waals surface area contributed by atoms with Crippen molar-refractivity contribution >= 4 is 30.1 Å². The summed E-state index contributed by atoms with van der Waals surface area (Å²) in [4.78, 5) is 14.0. The van der Waals surface area contributed by atoms with Crippen LogP contribution in [-0.2, 0) is 4.79 Å². The third-order valence-electron chi connectivity index (χ3n) is 3.16. The molecule has 2 rings (SSSR count). The van der Waals surface area contributed by atoms with Crippen LogP contribution in [0, 0.1) is 0 Å². The predicted octanol–water partition coefficient (Wildman–Crippen LogP) is 1.52. The molecule has 2 saturated heterocycles. The van der Waals surface area contributed by atoms with Crippen molar-refractivity contribution in [1.82, 2.24) is 10.2 Å². The highest BCUT2D eigenvalue weighted by atomic mass is 35.5. The molecule has 3 nitrogen and oxygen atoms in total. The second-order valence-corrected chi connectivity index (χ2v) is 5.57. The van der Waals surface area contributed by atoms with Gasteiger partial charge in [-0.1, -0.05) is 0 Å². The molecule has 0 aliphatic carbocycles. The molecule has 1 N–H and O–H groups in total. The molecule has 16 heavy (non-hydrogen) atoms. The molecule has 2 aliphatic rings. The molecular formula is C11H21ClN2OS. The summed E-state index contributed by atoms with van der Waals surface area (Å²) < 4.78 is 0. The minimum Gasteiger partial charge on any atom is -0.342 e. The van der Waals surface area contributed by atoms with Crippen molar-refractivity contribution < 1.29 is 4.79 Å². The van der Waals surface area contributed by atoms with Crippen LogP contribution in [0.4, 0.5) is 0 Å². The first kappa shape index (κ1) is 14.1. The van der Waals surface area contributed by atoms with Gasteiger partial charge in [0.1, 0.15) is 0 Å². The standard InChI is InChI=1S/C11H20N2OS.ClH/c14-11(9-10-3-1-4-12-10)13-5-2-7-15-8-6-13;/h10,12H,1-9H2;1H. The van der Waals surface area contributed by atoms with Crippen LogP contribution < -0.4 is 5.32 Å². The molecule has 0 saturated carbocycles. The molecule has 1 unspecified atom stereocenters. The maximum Gasteiger partial charge on any atom is 0.224 e. The zero-order valence-corrected chi connectivity index (χ0v) is 11.2. The fourth-order valence-electron chi connectivity index (χ4n) is 2.27. The highest BCUT2D eigenvalue weighted by Gasteiger charge is 2.21. The SMILES string of the molecule is Cl.O=C(CC1CCCN1)N1CCCSCC1. The molecule has 0 aromatic rings. The van der Waals surface area contributed by atoms with Gasteiger partial charge in [-0.2, -0.15) is 11.8 Å². The van der Waals surface area contributed by atoms with Crippen molar-refractivity contribution in [2.45, 2.75) is 31.7 Å². The number of rotatable bonds is 2. The van der Waals surface area contributed by atoms with Crippen LogP contribution in [0.15, 0.2) is 0 Å². The Labute approximate surface area is 108 Å². The minimum absolute atomic E-state index is 0. The molecule has 94 valence electrons. The van der Waals surface area contributed by atoms with E-state index in [2.05, 4.69) is 10.2 Å². The van der Waals surface area contributed by atoms with Crippen LogP contribution in [0.25, 0.3) is 0 Å². The molecule has 2 aliphatic heterocycles. The van der Waals surface area contributed by atoms with Crippen molar-refractivity contribution in [3.63, 3.8) is 0 Å². The molecule has 0 bridgehead atoms. The van der Waals surface area contributed by atoms with E-state index >= 15 is 0 Å². The van der Waals surface area contributed by atoms with E-state index in [0.717, 1.165) is 31.8 Å². The molecule has 2 fully saturated rings. The lowest BCUT2D eigenvalue weighted by Crippen LogP contribution is -2.37. The second kappa shape index (κ2) is 7.41. The van der Waals surface area contributed by atoms with E-state index in [9.17, 15) is 4.79 Å². The molecule has 0 aromatic carbocycles. The first-order valence-corrected chi connectivity index (χ1v) is 7.10. The minimum atomic E-state index is 0. The van der Waals surface area contributed by atoms with Crippen molar-refractivity contribution in [3.8, 4) is 0 Å². The van der Waals surface area contributed by atoms with Gasteiger partial charge in [-0.25, -0.2) is 0 Å². The van der Waals surface area contributed by atoms with Crippen molar-refractivity contribution in [1.29, 1.82) is 0 Å². The highest BCUT2D eigenvalue weighted by molar-refractivity contribution is 7.99. The third-order valence-corrected chi connectivity index (χ3v) is 4.21. The number of carbonyl (C=O) groups excluding carboxylic acids is 1. The van der Waals surface area contributed by atoms with Crippen LogP contribution in [0.5, 0.6) is 0 Å². The van der Waals surface area contributed by atoms with Crippen LogP contribution in [0.2, 0.25) is 0 Å². The smallest absolute Gasteiger partial charge is 0.224 e. The fourth-order valence-corrected chi connectivity index (χ4v) is 3.15. The van der Waals surface area contributed by atoms with E-state index < -0.39 is 0 Å². The Morgan fingerprint density at radius 1 is 1.31 bits per heavy atom. The highest BCUT2D eigenvalue weighted by Crippen LogP contribution is 2.14. The van der Waals surface area contributed by atoms with Crippen LogP contribution >= 0.6 is 24.2 Å². The summed E-state index contributed by atoms with van der Waals surface area (Å²) in [5.41, 5.74) is 0. The lowest BCUT2D eigenvalue weighted by Gasteiger charge is -2.21. The summed E-state index contributed by atoms with van der Waals surface area (Å²) >= 11 is 1.97. The molecule has 5 heteroatoms. The maximum absolute atomic E-state index is 12.0. The number of hydrogen-bond acceptors (Lipinski definition) is 3. The Hall–Kier alpha value is 0.0700. The van der Waals surface area contributed by atoms with Crippen LogP contribution in [0.3, 0.4) is 0 Å². The van der Waals surface area contributed by atoms with Gasteiger partial charge >= 0.3 is 0 Å². The Balaban J connectivity index is 0.00000128. The molecule has 1 amide bonds. The maximum atomic E-state index is 12.0. The number of halogens is 1. The molecule has 0 radical (unpaired) electrons. The largest absolute Gasteiger partial charge is 0.342 e. The van der Waals surface area contributed by atoms with E-state index in [1.54, 1.807) is 0 Å². The average molecular weight is 265 g/mol. The molecular weight excluding hydrogens is 244 g/mol. The zero-order chi connectivity index (χ0) is 10.5. The van der Waals surface area contributed by atoms with Crippen LogP contribution in [-0.4, -0.2) is 48.0 Å². The summed E-state index contributed by atoms with van der Waals surface area (Å²) in [6, 6.07) is 0.452. The Kier molecular flexibility index (Phi) is 6.54. The summed E-state index contributed by atoms with van der Waals surface area (Å²) in [7, 11) is 0. The second-order valence-electron chi connectivity index (χ2n) is 4.34. The Bertz CT molecular complexity index is 214. The van der Waals surface area contributed by atoms with Gasteiger partial charge in [0.15, 0.2) is 0 Å². The summed E-state index contributed by atoms with van der Waals surface area (Å²) in [5.74, 6) is 2.69. The van der Waals surface area contributed by atoms with Gasteiger partial charge in [0.25, 0.3) is 0 Å². The number of thioether (sulfide) groups is 1. The van der Waals surface area contributed by atoms with E-state index in [-0.39, 0.29) is 12.4 Å². The topological polar surface area (TPSA) is 32.3 Å². The van der Waals surface area contributed by atoms with Gasteiger partial charge in [0.05, 0.1) is 0 Å². The van der Waals surface area contributed by atoms with Gasteiger partial charge < -0.3 is 10.2 Å². The van der Waals surface area contributed by atoms with Gasteiger partial charge in [-0.3, -0.25) is 4.79 Å². The van der Waals surface area contributed by atoms with E-state index in [0.29, 0.717) is 18.4 Å². The van der Waals surface area contributed by atoms with Crippen molar-refractivity contribution in [3.05, 3.63) is 0 Å². The average Bonchev–Trinajstić information content (AvgIpc) is 2.58. The van der Waals surface area contributed by atoms with E-state index in [1.165, 1.54) is 18.6 Å². The number of amides is 1. The number of hydrogen-bond donors (Lipinski definition) is 1. The summed E-state index contributed by atoms with van der Waals surface area (Å²) in [5, 5.41) is 3.39. The molecule has 1 atom stereocenters.